The Hall–Kier alpha value is -0.860. The molecule has 0 bridgehead atoms. The summed E-state index contributed by atoms with van der Waals surface area (Å²) >= 11 is 0. The molecule has 1 N–H and O–H groups in total. The average Bonchev–Trinajstić information content (AvgIpc) is 2.31. The summed E-state index contributed by atoms with van der Waals surface area (Å²) in [6.07, 6.45) is 3.63. The van der Waals surface area contributed by atoms with Crippen LogP contribution in [0.2, 0.25) is 0 Å². The number of hydrogen-bond donors (Lipinski definition) is 1. The Labute approximate surface area is 91.5 Å². The van der Waals surface area contributed by atoms with Gasteiger partial charge in [0.1, 0.15) is 0 Å². The topological polar surface area (TPSA) is 23.5 Å². The van der Waals surface area contributed by atoms with Gasteiger partial charge in [0.15, 0.2) is 0 Å². The van der Waals surface area contributed by atoms with E-state index in [2.05, 4.69) is 35.2 Å². The van der Waals surface area contributed by atoms with E-state index in [4.69, 9.17) is 5.11 Å². The predicted molar refractivity (Wildman–Crippen MR) is 61.5 cm³/mol. The van der Waals surface area contributed by atoms with Crippen molar-refractivity contribution in [3.05, 3.63) is 35.9 Å². The van der Waals surface area contributed by atoms with Gasteiger partial charge in [-0.05, 0) is 30.7 Å². The lowest BCUT2D eigenvalue weighted by molar-refractivity contribution is 0.0733. The lowest BCUT2D eigenvalue weighted by atomic mass is 9.90. The lowest BCUT2D eigenvalue weighted by Crippen LogP contribution is -2.34. The average molecular weight is 205 g/mol. The summed E-state index contributed by atoms with van der Waals surface area (Å²) in [7, 11) is 0. The zero-order valence-corrected chi connectivity index (χ0v) is 9.10. The summed E-state index contributed by atoms with van der Waals surface area (Å²) < 4.78 is 0. The molecule has 2 rings (SSSR count). The highest BCUT2D eigenvalue weighted by Crippen LogP contribution is 2.20. The zero-order chi connectivity index (χ0) is 10.5. The second-order valence-electron chi connectivity index (χ2n) is 4.39. The van der Waals surface area contributed by atoms with E-state index in [1.165, 1.54) is 24.8 Å². The maximum Gasteiger partial charge on any atom is 0.0956 e. The summed E-state index contributed by atoms with van der Waals surface area (Å²) in [5, 5.41) is 8.99. The third-order valence-electron chi connectivity index (χ3n) is 3.27. The molecule has 1 fully saturated rings. The number of benzene rings is 1. The van der Waals surface area contributed by atoms with Gasteiger partial charge >= 0.3 is 0 Å². The summed E-state index contributed by atoms with van der Waals surface area (Å²) in [5.74, 6) is 0.801. The Morgan fingerprint density at radius 3 is 2.40 bits per heavy atom. The molecule has 15 heavy (non-hydrogen) atoms. The van der Waals surface area contributed by atoms with Crippen LogP contribution < -0.4 is 0 Å². The molecule has 0 radical (unpaired) electrons. The molecule has 1 aromatic carbocycles. The summed E-state index contributed by atoms with van der Waals surface area (Å²) in [6, 6.07) is 10.7. The van der Waals surface area contributed by atoms with E-state index >= 15 is 0 Å². The zero-order valence-electron chi connectivity index (χ0n) is 9.10. The molecule has 0 aliphatic carbocycles. The van der Waals surface area contributed by atoms with Gasteiger partial charge < -0.3 is 5.11 Å². The Kier molecular flexibility index (Phi) is 3.75. The number of rotatable bonds is 3. The summed E-state index contributed by atoms with van der Waals surface area (Å²) in [4.78, 5) is 2.11. The van der Waals surface area contributed by atoms with Gasteiger partial charge in [0.05, 0.1) is 6.73 Å². The highest BCUT2D eigenvalue weighted by Gasteiger charge is 2.18. The van der Waals surface area contributed by atoms with Crippen molar-refractivity contribution in [3.63, 3.8) is 0 Å². The van der Waals surface area contributed by atoms with Crippen LogP contribution >= 0.6 is 0 Å². The normalized spacial score (nSPS) is 19.3. The maximum absolute atomic E-state index is 8.99. The maximum atomic E-state index is 8.99. The van der Waals surface area contributed by atoms with Gasteiger partial charge in [-0.3, -0.25) is 4.90 Å². The molecule has 0 unspecified atom stereocenters. The fourth-order valence-electron chi connectivity index (χ4n) is 2.28. The van der Waals surface area contributed by atoms with Crippen molar-refractivity contribution >= 4 is 0 Å². The van der Waals surface area contributed by atoms with Crippen LogP contribution in [0.1, 0.15) is 18.4 Å². The van der Waals surface area contributed by atoms with Crippen LogP contribution in [0.5, 0.6) is 0 Å². The van der Waals surface area contributed by atoms with Crippen LogP contribution in [0.25, 0.3) is 0 Å². The van der Waals surface area contributed by atoms with Gasteiger partial charge in [-0.1, -0.05) is 30.3 Å². The molecule has 0 amide bonds. The van der Waals surface area contributed by atoms with Gasteiger partial charge in [-0.25, -0.2) is 0 Å². The first-order valence-corrected chi connectivity index (χ1v) is 5.75. The number of likely N-dealkylation sites (tertiary alicyclic amines) is 1. The molecular formula is C13H19NO. The standard InChI is InChI=1S/C13H19NO/c15-11-14-8-6-13(7-9-14)10-12-4-2-1-3-5-12/h1-5,13,15H,6-11H2. The van der Waals surface area contributed by atoms with Crippen molar-refractivity contribution in [2.75, 3.05) is 19.8 Å². The fraction of sp³-hybridized carbons (Fsp3) is 0.538. The SMILES string of the molecule is OCN1CCC(Cc2ccccc2)CC1. The van der Waals surface area contributed by atoms with E-state index in [0.29, 0.717) is 0 Å². The van der Waals surface area contributed by atoms with E-state index in [-0.39, 0.29) is 6.73 Å². The van der Waals surface area contributed by atoms with Crippen molar-refractivity contribution in [1.82, 2.24) is 4.90 Å². The van der Waals surface area contributed by atoms with Gasteiger partial charge in [0, 0.05) is 13.1 Å². The Bertz CT molecular complexity index is 278. The van der Waals surface area contributed by atoms with Crippen molar-refractivity contribution in [3.8, 4) is 0 Å². The molecule has 0 spiro atoms. The van der Waals surface area contributed by atoms with E-state index < -0.39 is 0 Å². The predicted octanol–water partition coefficient (Wildman–Crippen LogP) is 1.89. The van der Waals surface area contributed by atoms with E-state index in [0.717, 1.165) is 19.0 Å². The Morgan fingerprint density at radius 1 is 1.13 bits per heavy atom. The first-order valence-electron chi connectivity index (χ1n) is 5.75. The first kappa shape index (κ1) is 10.7. The van der Waals surface area contributed by atoms with Crippen LogP contribution in [0.15, 0.2) is 30.3 Å². The van der Waals surface area contributed by atoms with Crippen LogP contribution in [-0.2, 0) is 6.42 Å². The highest BCUT2D eigenvalue weighted by molar-refractivity contribution is 5.15. The monoisotopic (exact) mass is 205 g/mol. The minimum absolute atomic E-state index is 0.220. The third kappa shape index (κ3) is 3.05. The molecule has 1 aliphatic heterocycles. The molecule has 0 saturated carbocycles. The van der Waals surface area contributed by atoms with E-state index in [1.54, 1.807) is 0 Å². The van der Waals surface area contributed by atoms with Crippen LogP contribution in [0.3, 0.4) is 0 Å². The minimum Gasteiger partial charge on any atom is -0.381 e. The third-order valence-corrected chi connectivity index (χ3v) is 3.27. The van der Waals surface area contributed by atoms with Gasteiger partial charge in [0.2, 0.25) is 0 Å². The second-order valence-corrected chi connectivity index (χ2v) is 4.39. The molecule has 2 heteroatoms. The van der Waals surface area contributed by atoms with E-state index in [1.807, 2.05) is 0 Å². The quantitative estimate of drug-likeness (QED) is 0.814. The smallest absolute Gasteiger partial charge is 0.0956 e. The Balaban J connectivity index is 1.82. The molecule has 1 heterocycles. The van der Waals surface area contributed by atoms with Crippen LogP contribution in [0, 0.1) is 5.92 Å². The molecule has 0 aromatic heterocycles. The van der Waals surface area contributed by atoms with Gasteiger partial charge in [-0.15, -0.1) is 0 Å². The molecule has 2 nitrogen and oxygen atoms in total. The van der Waals surface area contributed by atoms with Crippen molar-refractivity contribution in [1.29, 1.82) is 0 Å². The second kappa shape index (κ2) is 5.29. The number of piperidine rings is 1. The molecule has 1 aliphatic rings. The van der Waals surface area contributed by atoms with Crippen molar-refractivity contribution in [2.45, 2.75) is 19.3 Å². The van der Waals surface area contributed by atoms with Crippen molar-refractivity contribution in [2.24, 2.45) is 5.92 Å². The number of nitrogens with zero attached hydrogens (tertiary/aromatic N) is 1. The van der Waals surface area contributed by atoms with Gasteiger partial charge in [0.25, 0.3) is 0 Å². The fourth-order valence-corrected chi connectivity index (χ4v) is 2.28. The first-order chi connectivity index (χ1) is 7.38. The number of hydrogen-bond acceptors (Lipinski definition) is 2. The molecule has 1 saturated heterocycles. The van der Waals surface area contributed by atoms with Crippen molar-refractivity contribution < 1.29 is 5.11 Å². The largest absolute Gasteiger partial charge is 0.381 e. The molecule has 1 aromatic rings. The van der Waals surface area contributed by atoms with Crippen LogP contribution in [-0.4, -0.2) is 29.8 Å². The number of aliphatic hydroxyl groups is 1. The lowest BCUT2D eigenvalue weighted by Gasteiger charge is -2.30. The molecule has 0 atom stereocenters. The summed E-state index contributed by atoms with van der Waals surface area (Å²) in [6.45, 7) is 2.32. The van der Waals surface area contributed by atoms with E-state index in [9.17, 15) is 0 Å². The summed E-state index contributed by atoms with van der Waals surface area (Å²) in [5.41, 5.74) is 1.44. The molecular weight excluding hydrogens is 186 g/mol. The minimum atomic E-state index is 0.220. The van der Waals surface area contributed by atoms with Crippen LogP contribution in [0.4, 0.5) is 0 Å². The van der Waals surface area contributed by atoms with Gasteiger partial charge in [-0.2, -0.15) is 0 Å². The number of aliphatic hydroxyl groups excluding tert-OH is 1. The molecule has 82 valence electrons. The Morgan fingerprint density at radius 2 is 1.80 bits per heavy atom. The highest BCUT2D eigenvalue weighted by atomic mass is 16.3.